The maximum absolute atomic E-state index is 12.3. The van der Waals surface area contributed by atoms with Crippen molar-refractivity contribution in [1.29, 1.82) is 0 Å². The first-order valence-corrected chi connectivity index (χ1v) is 7.38. The molecule has 0 aliphatic carbocycles. The molecule has 5 nitrogen and oxygen atoms in total. The predicted octanol–water partition coefficient (Wildman–Crippen LogP) is 2.94. The zero-order chi connectivity index (χ0) is 16.8. The molecule has 1 atom stereocenters. The molecule has 2 aromatic rings. The van der Waals surface area contributed by atoms with Gasteiger partial charge in [-0.3, -0.25) is 4.79 Å². The number of rotatable bonds is 6. The van der Waals surface area contributed by atoms with Crippen LogP contribution < -0.4 is 20.5 Å². The fraction of sp³-hybridized carbons (Fsp3) is 0.278. The number of aryl methyl sites for hydroxylation is 1. The van der Waals surface area contributed by atoms with E-state index in [2.05, 4.69) is 5.32 Å². The summed E-state index contributed by atoms with van der Waals surface area (Å²) >= 11 is 0. The van der Waals surface area contributed by atoms with Crippen molar-refractivity contribution in [2.45, 2.75) is 19.4 Å². The van der Waals surface area contributed by atoms with Gasteiger partial charge in [-0.05, 0) is 30.5 Å². The van der Waals surface area contributed by atoms with Gasteiger partial charge in [0.15, 0.2) is 11.5 Å². The number of hydrogen-bond acceptors (Lipinski definition) is 4. The maximum Gasteiger partial charge on any atom is 0.241 e. The number of nitrogens with one attached hydrogen (secondary N) is 1. The highest BCUT2D eigenvalue weighted by Crippen LogP contribution is 2.32. The Kier molecular flexibility index (Phi) is 7.55. The Hall–Kier alpha value is -2.24. The van der Waals surface area contributed by atoms with Crippen LogP contribution in [-0.4, -0.2) is 26.2 Å². The van der Waals surface area contributed by atoms with Crippen molar-refractivity contribution >= 4 is 24.0 Å². The second-order valence-electron chi connectivity index (χ2n) is 5.31. The fourth-order valence-electron chi connectivity index (χ4n) is 2.30. The lowest BCUT2D eigenvalue weighted by Crippen LogP contribution is -2.37. The molecule has 0 heterocycles. The molecule has 1 unspecified atom stereocenters. The molecule has 1 amide bonds. The van der Waals surface area contributed by atoms with Gasteiger partial charge in [0, 0.05) is 11.8 Å². The Labute approximate surface area is 148 Å². The summed E-state index contributed by atoms with van der Waals surface area (Å²) in [4.78, 5) is 12.3. The van der Waals surface area contributed by atoms with E-state index in [9.17, 15) is 4.79 Å². The van der Waals surface area contributed by atoms with Crippen LogP contribution in [0.25, 0.3) is 0 Å². The summed E-state index contributed by atoms with van der Waals surface area (Å²) in [6.45, 7) is 1.89. The van der Waals surface area contributed by atoms with E-state index in [0.717, 1.165) is 11.1 Å². The van der Waals surface area contributed by atoms with Crippen molar-refractivity contribution < 1.29 is 14.3 Å². The van der Waals surface area contributed by atoms with Crippen LogP contribution in [0.4, 0.5) is 5.69 Å². The SMILES string of the molecule is COc1cc(C)c(NC(=O)C(N)Cc2ccccc2)cc1OC.Cl. The van der Waals surface area contributed by atoms with Gasteiger partial charge in [0.25, 0.3) is 0 Å². The lowest BCUT2D eigenvalue weighted by atomic mass is 10.1. The van der Waals surface area contributed by atoms with E-state index >= 15 is 0 Å². The third-order valence-corrected chi connectivity index (χ3v) is 3.62. The Bertz CT molecular complexity index is 677. The van der Waals surface area contributed by atoms with E-state index in [1.54, 1.807) is 20.3 Å². The van der Waals surface area contributed by atoms with Gasteiger partial charge >= 0.3 is 0 Å². The average Bonchev–Trinajstić information content (AvgIpc) is 2.57. The minimum Gasteiger partial charge on any atom is -0.493 e. The van der Waals surface area contributed by atoms with E-state index in [1.165, 1.54) is 0 Å². The molecule has 0 spiro atoms. The van der Waals surface area contributed by atoms with Crippen molar-refractivity contribution in [3.05, 3.63) is 53.6 Å². The topological polar surface area (TPSA) is 73.6 Å². The number of anilines is 1. The molecule has 0 radical (unpaired) electrons. The number of nitrogens with two attached hydrogens (primary N) is 1. The van der Waals surface area contributed by atoms with Crippen LogP contribution in [0.5, 0.6) is 11.5 Å². The van der Waals surface area contributed by atoms with Crippen molar-refractivity contribution in [3.63, 3.8) is 0 Å². The van der Waals surface area contributed by atoms with Crippen LogP contribution in [-0.2, 0) is 11.2 Å². The van der Waals surface area contributed by atoms with E-state index < -0.39 is 6.04 Å². The summed E-state index contributed by atoms with van der Waals surface area (Å²) in [5, 5.41) is 2.86. The molecule has 0 fully saturated rings. The monoisotopic (exact) mass is 350 g/mol. The zero-order valence-electron chi connectivity index (χ0n) is 14.0. The molecular weight excluding hydrogens is 328 g/mol. The van der Waals surface area contributed by atoms with Crippen LogP contribution in [0, 0.1) is 6.92 Å². The number of carbonyl (C=O) groups is 1. The second-order valence-corrected chi connectivity index (χ2v) is 5.31. The summed E-state index contributed by atoms with van der Waals surface area (Å²) in [5.41, 5.74) is 8.57. The summed E-state index contributed by atoms with van der Waals surface area (Å²) in [6.07, 6.45) is 0.485. The smallest absolute Gasteiger partial charge is 0.241 e. The first-order valence-electron chi connectivity index (χ1n) is 7.38. The Morgan fingerprint density at radius 3 is 2.29 bits per heavy atom. The van der Waals surface area contributed by atoms with Crippen molar-refractivity contribution in [1.82, 2.24) is 0 Å². The summed E-state index contributed by atoms with van der Waals surface area (Å²) in [6, 6.07) is 12.6. The number of benzene rings is 2. The highest BCUT2D eigenvalue weighted by molar-refractivity contribution is 5.95. The van der Waals surface area contributed by atoms with E-state index in [4.69, 9.17) is 15.2 Å². The number of halogens is 1. The zero-order valence-corrected chi connectivity index (χ0v) is 14.9. The minimum absolute atomic E-state index is 0. The van der Waals surface area contributed by atoms with Crippen molar-refractivity contribution in [2.75, 3.05) is 19.5 Å². The normalized spacial score (nSPS) is 11.2. The molecule has 0 saturated heterocycles. The van der Waals surface area contributed by atoms with E-state index in [1.807, 2.05) is 43.3 Å². The molecule has 0 aromatic heterocycles. The maximum atomic E-state index is 12.3. The molecule has 2 aromatic carbocycles. The van der Waals surface area contributed by atoms with Crippen LogP contribution in [0.2, 0.25) is 0 Å². The lowest BCUT2D eigenvalue weighted by molar-refractivity contribution is -0.117. The molecule has 0 aliphatic rings. The minimum atomic E-state index is -0.620. The second kappa shape index (κ2) is 9.15. The summed E-state index contributed by atoms with van der Waals surface area (Å²) in [7, 11) is 3.13. The van der Waals surface area contributed by atoms with Crippen LogP contribution >= 0.6 is 12.4 Å². The number of carbonyl (C=O) groups excluding carboxylic acids is 1. The van der Waals surface area contributed by atoms with Gasteiger partial charge < -0.3 is 20.5 Å². The van der Waals surface area contributed by atoms with Gasteiger partial charge in [-0.2, -0.15) is 0 Å². The first-order chi connectivity index (χ1) is 11.0. The van der Waals surface area contributed by atoms with Crippen molar-refractivity contribution in [3.8, 4) is 11.5 Å². The third-order valence-electron chi connectivity index (χ3n) is 3.62. The highest BCUT2D eigenvalue weighted by atomic mass is 35.5. The van der Waals surface area contributed by atoms with Gasteiger partial charge in [0.2, 0.25) is 5.91 Å². The van der Waals surface area contributed by atoms with Crippen molar-refractivity contribution in [2.24, 2.45) is 5.73 Å². The Balaban J connectivity index is 0.00000288. The standard InChI is InChI=1S/C18H22N2O3.ClH/c1-12-9-16(22-2)17(23-3)11-15(12)20-18(21)14(19)10-13-7-5-4-6-8-13;/h4-9,11,14H,10,19H2,1-3H3,(H,20,21);1H. The molecule has 0 saturated carbocycles. The predicted molar refractivity (Wildman–Crippen MR) is 98.3 cm³/mol. The molecule has 130 valence electrons. The molecule has 24 heavy (non-hydrogen) atoms. The third kappa shape index (κ3) is 4.88. The average molecular weight is 351 g/mol. The number of ether oxygens (including phenoxy) is 2. The number of hydrogen-bond donors (Lipinski definition) is 2. The van der Waals surface area contributed by atoms with Gasteiger partial charge in [0.1, 0.15) is 0 Å². The summed E-state index contributed by atoms with van der Waals surface area (Å²) in [5.74, 6) is 0.950. The Morgan fingerprint density at radius 2 is 1.71 bits per heavy atom. The van der Waals surface area contributed by atoms with Gasteiger partial charge in [-0.1, -0.05) is 30.3 Å². The molecule has 0 aliphatic heterocycles. The fourth-order valence-corrected chi connectivity index (χ4v) is 2.30. The molecule has 6 heteroatoms. The lowest BCUT2D eigenvalue weighted by Gasteiger charge is -2.16. The van der Waals surface area contributed by atoms with E-state index in [-0.39, 0.29) is 18.3 Å². The largest absolute Gasteiger partial charge is 0.493 e. The first kappa shape index (κ1) is 19.8. The molecule has 0 bridgehead atoms. The van der Waals surface area contributed by atoms with Gasteiger partial charge in [-0.15, -0.1) is 12.4 Å². The van der Waals surface area contributed by atoms with Crippen LogP contribution in [0.3, 0.4) is 0 Å². The highest BCUT2D eigenvalue weighted by Gasteiger charge is 2.16. The van der Waals surface area contributed by atoms with E-state index in [0.29, 0.717) is 23.6 Å². The molecule has 3 N–H and O–H groups in total. The number of amides is 1. The summed E-state index contributed by atoms with van der Waals surface area (Å²) < 4.78 is 10.5. The molecule has 2 rings (SSSR count). The Morgan fingerprint density at radius 1 is 1.12 bits per heavy atom. The number of methoxy groups -OCH3 is 2. The van der Waals surface area contributed by atoms with Crippen LogP contribution in [0.15, 0.2) is 42.5 Å². The van der Waals surface area contributed by atoms with Gasteiger partial charge in [-0.25, -0.2) is 0 Å². The quantitative estimate of drug-likeness (QED) is 0.840. The van der Waals surface area contributed by atoms with Crippen LogP contribution in [0.1, 0.15) is 11.1 Å². The molecular formula is C18H23ClN2O3. The van der Waals surface area contributed by atoms with Gasteiger partial charge in [0.05, 0.1) is 20.3 Å².